The molecule has 5 heteroatoms. The monoisotopic (exact) mass is 244 g/mol. The average molecular weight is 244 g/mol. The van der Waals surface area contributed by atoms with Crippen LogP contribution in [0.5, 0.6) is 0 Å². The van der Waals surface area contributed by atoms with Gasteiger partial charge < -0.3 is 19.3 Å². The molecule has 0 saturated carbocycles. The Kier molecular flexibility index (Phi) is 4.01. The number of carbonyl (C=O) groups is 1. The van der Waals surface area contributed by atoms with Crippen LogP contribution in [0.15, 0.2) is 0 Å². The lowest BCUT2D eigenvalue weighted by molar-refractivity contribution is -0.185. The van der Waals surface area contributed by atoms with E-state index in [1.807, 2.05) is 0 Å². The summed E-state index contributed by atoms with van der Waals surface area (Å²) in [5.74, 6) is -0.905. The van der Waals surface area contributed by atoms with E-state index in [-0.39, 0.29) is 11.7 Å². The molecule has 0 aromatic heterocycles. The summed E-state index contributed by atoms with van der Waals surface area (Å²) in [6, 6.07) is 0. The van der Waals surface area contributed by atoms with Crippen molar-refractivity contribution < 1.29 is 24.1 Å². The zero-order valence-corrected chi connectivity index (χ0v) is 10.2. The number of rotatable bonds is 3. The van der Waals surface area contributed by atoms with Crippen LogP contribution in [0.3, 0.4) is 0 Å². The van der Waals surface area contributed by atoms with Crippen molar-refractivity contribution in [2.45, 2.75) is 50.4 Å². The Bertz CT molecular complexity index is 267. The van der Waals surface area contributed by atoms with Gasteiger partial charge in [0.15, 0.2) is 6.10 Å². The van der Waals surface area contributed by atoms with Crippen molar-refractivity contribution in [3.05, 3.63) is 0 Å². The molecule has 0 bridgehead atoms. The molecule has 1 spiro atoms. The van der Waals surface area contributed by atoms with Crippen LogP contribution in [0.25, 0.3) is 0 Å². The van der Waals surface area contributed by atoms with Crippen molar-refractivity contribution in [3.63, 3.8) is 0 Å². The van der Waals surface area contributed by atoms with Gasteiger partial charge >= 0.3 is 5.97 Å². The van der Waals surface area contributed by atoms with E-state index in [4.69, 9.17) is 19.3 Å². The van der Waals surface area contributed by atoms with Gasteiger partial charge in [0.2, 0.25) is 0 Å². The number of ether oxygens (including phenoxy) is 3. The summed E-state index contributed by atoms with van der Waals surface area (Å²) in [5, 5.41) is 8.84. The van der Waals surface area contributed by atoms with Crippen molar-refractivity contribution in [2.75, 3.05) is 19.8 Å². The first-order valence-corrected chi connectivity index (χ1v) is 6.21. The Morgan fingerprint density at radius 3 is 2.76 bits per heavy atom. The van der Waals surface area contributed by atoms with Crippen LogP contribution in [0.2, 0.25) is 0 Å². The van der Waals surface area contributed by atoms with Gasteiger partial charge in [-0.05, 0) is 26.2 Å². The van der Waals surface area contributed by atoms with Crippen molar-refractivity contribution in [3.8, 4) is 0 Å². The molecule has 0 aromatic rings. The standard InChI is InChI=1S/C12H20O5/c1-9(11(13)14)17-10-2-5-16-12(8-10)3-6-15-7-4-12/h9-10H,2-8H2,1H3,(H,13,14). The van der Waals surface area contributed by atoms with Crippen molar-refractivity contribution in [1.82, 2.24) is 0 Å². The third-order valence-electron chi connectivity index (χ3n) is 3.60. The predicted molar refractivity (Wildman–Crippen MR) is 59.9 cm³/mol. The van der Waals surface area contributed by atoms with Gasteiger partial charge in [0.1, 0.15) is 0 Å². The van der Waals surface area contributed by atoms with Gasteiger partial charge in [-0.25, -0.2) is 4.79 Å². The summed E-state index contributed by atoms with van der Waals surface area (Å²) >= 11 is 0. The first-order valence-electron chi connectivity index (χ1n) is 6.21. The van der Waals surface area contributed by atoms with E-state index < -0.39 is 12.1 Å². The molecule has 2 atom stereocenters. The van der Waals surface area contributed by atoms with Crippen LogP contribution in [0.4, 0.5) is 0 Å². The second-order valence-electron chi connectivity index (χ2n) is 4.88. The molecule has 0 amide bonds. The van der Waals surface area contributed by atoms with Gasteiger partial charge in [-0.3, -0.25) is 0 Å². The summed E-state index contributed by atoms with van der Waals surface area (Å²) in [4.78, 5) is 10.8. The number of aliphatic carboxylic acids is 1. The molecule has 2 saturated heterocycles. The van der Waals surface area contributed by atoms with Crippen LogP contribution in [0.1, 0.15) is 32.6 Å². The predicted octanol–water partition coefficient (Wildman–Crippen LogP) is 1.20. The normalized spacial score (nSPS) is 30.1. The molecule has 2 fully saturated rings. The summed E-state index contributed by atoms with van der Waals surface area (Å²) in [6.45, 7) is 3.67. The molecule has 0 aliphatic carbocycles. The van der Waals surface area contributed by atoms with E-state index in [2.05, 4.69) is 0 Å². The maximum Gasteiger partial charge on any atom is 0.332 e. The third kappa shape index (κ3) is 3.18. The molecule has 5 nitrogen and oxygen atoms in total. The lowest BCUT2D eigenvalue weighted by atomic mass is 9.85. The van der Waals surface area contributed by atoms with E-state index >= 15 is 0 Å². The highest BCUT2D eigenvalue weighted by Gasteiger charge is 2.40. The zero-order valence-electron chi connectivity index (χ0n) is 10.2. The fourth-order valence-corrected chi connectivity index (χ4v) is 2.54. The van der Waals surface area contributed by atoms with Gasteiger partial charge in [-0.1, -0.05) is 0 Å². The maximum atomic E-state index is 10.8. The molecule has 2 aliphatic rings. The van der Waals surface area contributed by atoms with Gasteiger partial charge in [0, 0.05) is 26.2 Å². The molecule has 0 aromatic carbocycles. The first kappa shape index (κ1) is 12.8. The molecule has 2 heterocycles. The maximum absolute atomic E-state index is 10.8. The lowest BCUT2D eigenvalue weighted by Gasteiger charge is -2.43. The Labute approximate surface area is 101 Å². The second kappa shape index (κ2) is 5.33. The summed E-state index contributed by atoms with van der Waals surface area (Å²) < 4.78 is 16.8. The molecular weight excluding hydrogens is 224 g/mol. The van der Waals surface area contributed by atoms with Crippen molar-refractivity contribution in [2.24, 2.45) is 0 Å². The van der Waals surface area contributed by atoms with Crippen LogP contribution < -0.4 is 0 Å². The van der Waals surface area contributed by atoms with E-state index in [9.17, 15) is 4.79 Å². The Morgan fingerprint density at radius 2 is 2.12 bits per heavy atom. The van der Waals surface area contributed by atoms with Gasteiger partial charge in [0.05, 0.1) is 11.7 Å². The largest absolute Gasteiger partial charge is 0.479 e. The number of hydrogen-bond donors (Lipinski definition) is 1. The SMILES string of the molecule is CC(OC1CCOC2(CCOCC2)C1)C(=O)O. The molecule has 0 radical (unpaired) electrons. The summed E-state index contributed by atoms with van der Waals surface area (Å²) in [5.41, 5.74) is -0.139. The Balaban J connectivity index is 1.90. The molecule has 98 valence electrons. The Hall–Kier alpha value is -0.650. The van der Waals surface area contributed by atoms with E-state index in [0.717, 1.165) is 38.9 Å². The van der Waals surface area contributed by atoms with E-state index in [0.29, 0.717) is 6.61 Å². The third-order valence-corrected chi connectivity index (χ3v) is 3.60. The highest BCUT2D eigenvalue weighted by Crippen LogP contribution is 2.35. The topological polar surface area (TPSA) is 65.0 Å². The van der Waals surface area contributed by atoms with Gasteiger partial charge in [0.25, 0.3) is 0 Å². The van der Waals surface area contributed by atoms with Crippen LogP contribution >= 0.6 is 0 Å². The van der Waals surface area contributed by atoms with E-state index in [1.54, 1.807) is 6.92 Å². The lowest BCUT2D eigenvalue weighted by Crippen LogP contribution is -2.47. The zero-order chi connectivity index (χ0) is 12.3. The molecule has 2 aliphatic heterocycles. The smallest absolute Gasteiger partial charge is 0.332 e. The van der Waals surface area contributed by atoms with E-state index in [1.165, 1.54) is 0 Å². The van der Waals surface area contributed by atoms with Gasteiger partial charge in [-0.15, -0.1) is 0 Å². The van der Waals surface area contributed by atoms with Crippen LogP contribution in [-0.4, -0.2) is 48.7 Å². The van der Waals surface area contributed by atoms with Crippen LogP contribution in [-0.2, 0) is 19.0 Å². The highest BCUT2D eigenvalue weighted by molar-refractivity contribution is 5.71. The molecule has 2 rings (SSSR count). The van der Waals surface area contributed by atoms with Gasteiger partial charge in [-0.2, -0.15) is 0 Å². The summed E-state index contributed by atoms with van der Waals surface area (Å²) in [6.07, 6.45) is 2.58. The number of hydrogen-bond acceptors (Lipinski definition) is 4. The number of carboxylic acid groups (broad SMARTS) is 1. The second-order valence-corrected chi connectivity index (χ2v) is 4.88. The summed E-state index contributed by atoms with van der Waals surface area (Å²) in [7, 11) is 0. The number of carboxylic acids is 1. The van der Waals surface area contributed by atoms with Crippen molar-refractivity contribution >= 4 is 5.97 Å². The minimum Gasteiger partial charge on any atom is -0.479 e. The van der Waals surface area contributed by atoms with Crippen molar-refractivity contribution in [1.29, 1.82) is 0 Å². The molecular formula is C12H20O5. The average Bonchev–Trinajstić information content (AvgIpc) is 2.30. The Morgan fingerprint density at radius 1 is 1.41 bits per heavy atom. The first-order chi connectivity index (χ1) is 8.11. The minimum atomic E-state index is -0.905. The highest BCUT2D eigenvalue weighted by atomic mass is 16.5. The minimum absolute atomic E-state index is 0.00653. The van der Waals surface area contributed by atoms with Crippen LogP contribution in [0, 0.1) is 0 Å². The molecule has 2 unspecified atom stereocenters. The molecule has 17 heavy (non-hydrogen) atoms. The molecule has 1 N–H and O–H groups in total. The fourth-order valence-electron chi connectivity index (χ4n) is 2.54. The fraction of sp³-hybridized carbons (Fsp3) is 0.917. The quantitative estimate of drug-likeness (QED) is 0.808.